The Labute approximate surface area is 115 Å². The van der Waals surface area contributed by atoms with E-state index in [1.165, 1.54) is 24.3 Å². The van der Waals surface area contributed by atoms with E-state index < -0.39 is 23.1 Å². The lowest BCUT2D eigenvalue weighted by molar-refractivity contribution is 0.0927. The molecule has 0 heterocycles. The molecule has 0 atom stereocenters. The minimum atomic E-state index is -1.27. The summed E-state index contributed by atoms with van der Waals surface area (Å²) >= 11 is 0. The summed E-state index contributed by atoms with van der Waals surface area (Å²) in [7, 11) is 0. The quantitative estimate of drug-likeness (QED) is 0.294. The maximum atomic E-state index is 12.2. The van der Waals surface area contributed by atoms with Gasteiger partial charge in [0, 0.05) is 11.1 Å². The number of ketones is 2. The molecule has 2 N–H and O–H groups in total. The van der Waals surface area contributed by atoms with E-state index >= 15 is 0 Å². The Balaban J connectivity index is 2.42. The number of hydrogen-bond acceptors (Lipinski definition) is 4. The van der Waals surface area contributed by atoms with Crippen LogP contribution in [0, 0.1) is 0 Å². The van der Waals surface area contributed by atoms with Crippen LogP contribution in [0.2, 0.25) is 0 Å². The zero-order chi connectivity index (χ0) is 14.5. The predicted molar refractivity (Wildman–Crippen MR) is 73.8 cm³/mol. The van der Waals surface area contributed by atoms with Gasteiger partial charge in [-0.05, 0) is 0 Å². The second-order valence-electron chi connectivity index (χ2n) is 4.09. The molecule has 100 valence electrons. The molecule has 0 saturated heterocycles. The lowest BCUT2D eigenvalue weighted by Gasteiger charge is -2.06. The molecule has 0 aromatic heterocycles. The van der Waals surface area contributed by atoms with Crippen molar-refractivity contribution in [2.45, 2.75) is 0 Å². The van der Waals surface area contributed by atoms with Crippen molar-refractivity contribution in [1.29, 1.82) is 0 Å². The van der Waals surface area contributed by atoms with Gasteiger partial charge in [-0.1, -0.05) is 60.7 Å². The molecule has 0 aliphatic rings. The average Bonchev–Trinajstić information content (AvgIpc) is 2.48. The van der Waals surface area contributed by atoms with Gasteiger partial charge in [0.25, 0.3) is 5.95 Å². The fourth-order valence-electron chi connectivity index (χ4n) is 1.77. The van der Waals surface area contributed by atoms with Gasteiger partial charge in [0.05, 0.1) is 0 Å². The molecule has 2 aromatic rings. The van der Waals surface area contributed by atoms with E-state index in [0.29, 0.717) is 0 Å². The van der Waals surface area contributed by atoms with Crippen LogP contribution in [-0.2, 0) is 0 Å². The fraction of sp³-hybridized carbons (Fsp3) is 0. The van der Waals surface area contributed by atoms with Gasteiger partial charge < -0.3 is 10.2 Å². The highest BCUT2D eigenvalue weighted by molar-refractivity contribution is 6.30. The Morgan fingerprint density at radius 3 is 1.30 bits per heavy atom. The Hall–Kier alpha value is -2.88. The maximum Gasteiger partial charge on any atom is 0.289 e. The van der Waals surface area contributed by atoms with Gasteiger partial charge in [0.2, 0.25) is 11.6 Å². The number of carbonyl (C=O) groups is 2. The van der Waals surface area contributed by atoms with Crippen molar-refractivity contribution in [2.24, 2.45) is 0 Å². The monoisotopic (exact) mass is 268 g/mol. The molecule has 0 aliphatic heterocycles. The van der Waals surface area contributed by atoms with Gasteiger partial charge in [-0.3, -0.25) is 9.59 Å². The zero-order valence-corrected chi connectivity index (χ0v) is 10.5. The van der Waals surface area contributed by atoms with Gasteiger partial charge in [-0.15, -0.1) is 0 Å². The summed E-state index contributed by atoms with van der Waals surface area (Å²) in [6.07, 6.45) is 0. The van der Waals surface area contributed by atoms with E-state index in [2.05, 4.69) is 0 Å². The average molecular weight is 268 g/mol. The third-order valence-electron chi connectivity index (χ3n) is 2.75. The minimum Gasteiger partial charge on any atom is -0.480 e. The molecule has 0 saturated carbocycles. The summed E-state index contributed by atoms with van der Waals surface area (Å²) in [5.41, 5.74) is -0.206. The minimum absolute atomic E-state index is 0.215. The lowest BCUT2D eigenvalue weighted by Crippen LogP contribution is -2.16. The van der Waals surface area contributed by atoms with Crippen LogP contribution in [0.3, 0.4) is 0 Å². The number of carbonyl (C=O) groups excluding carboxylic acids is 2. The molecule has 20 heavy (non-hydrogen) atoms. The van der Waals surface area contributed by atoms with Crippen LogP contribution in [0.25, 0.3) is 0 Å². The fourth-order valence-corrected chi connectivity index (χ4v) is 1.77. The first kappa shape index (κ1) is 13.5. The summed E-state index contributed by atoms with van der Waals surface area (Å²) in [6.45, 7) is 0. The standard InChI is InChI=1S/C16H12O4/c17-14(11-7-3-1-4-8-11)13(16(19)20)15(18)12-9-5-2-6-10-12/h1-10,19-20H. The molecule has 0 amide bonds. The van der Waals surface area contributed by atoms with Crippen LogP contribution in [-0.4, -0.2) is 21.8 Å². The van der Waals surface area contributed by atoms with Crippen LogP contribution in [0.5, 0.6) is 0 Å². The molecule has 4 heteroatoms. The second-order valence-corrected chi connectivity index (χ2v) is 4.09. The van der Waals surface area contributed by atoms with Gasteiger partial charge in [0.15, 0.2) is 5.57 Å². The first-order valence-electron chi connectivity index (χ1n) is 5.93. The normalized spacial score (nSPS) is 9.80. The predicted octanol–water partition coefficient (Wildman–Crippen LogP) is 3.08. The van der Waals surface area contributed by atoms with Crippen molar-refractivity contribution in [3.05, 3.63) is 83.3 Å². The third-order valence-corrected chi connectivity index (χ3v) is 2.75. The van der Waals surface area contributed by atoms with E-state index in [0.717, 1.165) is 0 Å². The number of aliphatic hydroxyl groups excluding tert-OH is 1. The first-order valence-corrected chi connectivity index (χ1v) is 5.93. The Bertz CT molecular complexity index is 600. The first-order chi connectivity index (χ1) is 9.61. The van der Waals surface area contributed by atoms with E-state index in [9.17, 15) is 19.8 Å². The topological polar surface area (TPSA) is 74.6 Å². The van der Waals surface area contributed by atoms with Crippen molar-refractivity contribution >= 4 is 11.6 Å². The van der Waals surface area contributed by atoms with E-state index in [1.807, 2.05) is 0 Å². The zero-order valence-electron chi connectivity index (χ0n) is 10.5. The van der Waals surface area contributed by atoms with Crippen LogP contribution in [0.15, 0.2) is 72.2 Å². The van der Waals surface area contributed by atoms with Gasteiger partial charge in [-0.2, -0.15) is 0 Å². The molecule has 2 rings (SSSR count). The van der Waals surface area contributed by atoms with Crippen molar-refractivity contribution in [3.63, 3.8) is 0 Å². The molecule has 0 spiro atoms. The summed E-state index contributed by atoms with van der Waals surface area (Å²) in [6, 6.07) is 16.0. The highest BCUT2D eigenvalue weighted by atomic mass is 16.5. The Kier molecular flexibility index (Phi) is 3.96. The van der Waals surface area contributed by atoms with Crippen LogP contribution in [0.1, 0.15) is 20.7 Å². The highest BCUT2D eigenvalue weighted by Gasteiger charge is 2.25. The number of benzene rings is 2. The molecule has 0 bridgehead atoms. The van der Waals surface area contributed by atoms with E-state index in [1.54, 1.807) is 36.4 Å². The smallest absolute Gasteiger partial charge is 0.289 e. The summed E-state index contributed by atoms with van der Waals surface area (Å²) in [4.78, 5) is 24.4. The summed E-state index contributed by atoms with van der Waals surface area (Å²) in [5, 5.41) is 18.5. The molecule has 0 radical (unpaired) electrons. The van der Waals surface area contributed by atoms with Crippen LogP contribution >= 0.6 is 0 Å². The largest absolute Gasteiger partial charge is 0.480 e. The van der Waals surface area contributed by atoms with Crippen molar-refractivity contribution in [3.8, 4) is 0 Å². The number of allylic oxidation sites excluding steroid dienone is 1. The van der Waals surface area contributed by atoms with Crippen LogP contribution in [0.4, 0.5) is 0 Å². The van der Waals surface area contributed by atoms with E-state index in [-0.39, 0.29) is 11.1 Å². The third kappa shape index (κ3) is 2.75. The highest BCUT2D eigenvalue weighted by Crippen LogP contribution is 2.16. The van der Waals surface area contributed by atoms with Gasteiger partial charge >= 0.3 is 0 Å². The number of aliphatic hydroxyl groups is 2. The van der Waals surface area contributed by atoms with Gasteiger partial charge in [0.1, 0.15) is 0 Å². The molecular formula is C16H12O4. The maximum absolute atomic E-state index is 12.2. The Morgan fingerprint density at radius 1 is 0.650 bits per heavy atom. The lowest BCUT2D eigenvalue weighted by atomic mass is 9.96. The second kappa shape index (κ2) is 5.84. The van der Waals surface area contributed by atoms with Gasteiger partial charge in [-0.25, -0.2) is 0 Å². The summed E-state index contributed by atoms with van der Waals surface area (Å²) in [5.74, 6) is -2.72. The molecule has 0 unspecified atom stereocenters. The summed E-state index contributed by atoms with van der Waals surface area (Å²) < 4.78 is 0. The molecule has 0 fully saturated rings. The number of rotatable bonds is 4. The van der Waals surface area contributed by atoms with Crippen molar-refractivity contribution < 1.29 is 19.8 Å². The number of hydrogen-bond donors (Lipinski definition) is 2. The molecular weight excluding hydrogens is 256 g/mol. The molecule has 4 nitrogen and oxygen atoms in total. The van der Waals surface area contributed by atoms with Crippen molar-refractivity contribution in [2.75, 3.05) is 0 Å². The molecule has 0 aliphatic carbocycles. The van der Waals surface area contributed by atoms with E-state index in [4.69, 9.17) is 0 Å². The number of Topliss-reactive ketones (excluding diaryl/α,β-unsaturated/α-hetero) is 2. The van der Waals surface area contributed by atoms with Crippen LogP contribution < -0.4 is 0 Å². The SMILES string of the molecule is O=C(C(C(=O)c1ccccc1)=C(O)O)c1ccccc1. The van der Waals surface area contributed by atoms with Crippen molar-refractivity contribution in [1.82, 2.24) is 0 Å². The Morgan fingerprint density at radius 2 is 1.00 bits per heavy atom. The molecule has 2 aromatic carbocycles.